The highest BCUT2D eigenvalue weighted by atomic mass is 16.6. The maximum atomic E-state index is 12.9. The van der Waals surface area contributed by atoms with Gasteiger partial charge in [-0.2, -0.15) is 0 Å². The number of hydrogen-bond acceptors (Lipinski definition) is 6. The molecule has 0 N–H and O–H groups in total. The number of carbonyl (C=O) groups excluding carboxylic acids is 3. The molecule has 1 atom stereocenters. The van der Waals surface area contributed by atoms with Gasteiger partial charge in [0.05, 0.1) is 0 Å². The van der Waals surface area contributed by atoms with Crippen molar-refractivity contribution in [3.8, 4) is 0 Å². The molecule has 0 aromatic carbocycles. The van der Waals surface area contributed by atoms with Crippen LogP contribution in [-0.2, 0) is 28.6 Å². The lowest BCUT2D eigenvalue weighted by Crippen LogP contribution is -2.30. The Kier molecular flexibility index (Phi) is 62.7. The standard InChI is InChI=1S/C72H124O6/c1-4-7-10-13-16-19-22-25-27-29-31-33-35-36-38-39-41-43-45-47-50-53-56-59-62-65-71(74)77-68-69(67-76-70(73)64-61-58-55-52-49-24-21-18-15-12-9-6-3)78-72(75)66-63-60-57-54-51-48-46-44-42-40-37-34-32-30-28-26-23-20-17-14-11-8-5-2/h8,11,17-18,20-22,25-26,28-29,31-32,34,40,42,69H,4-7,9-10,12-16,19,23-24,27,30,33,35-39,41,43-68H2,1-3H3/b11-8-,20-17-,21-18-,25-22-,28-26-,31-29-,34-32-,42-40-. The van der Waals surface area contributed by atoms with E-state index in [2.05, 4.69) is 118 Å². The fourth-order valence-corrected chi connectivity index (χ4v) is 9.32. The molecule has 6 heteroatoms. The molecular formula is C72H124O6. The van der Waals surface area contributed by atoms with Crippen molar-refractivity contribution in [1.29, 1.82) is 0 Å². The van der Waals surface area contributed by atoms with Crippen LogP contribution in [-0.4, -0.2) is 37.2 Å². The lowest BCUT2D eigenvalue weighted by Gasteiger charge is -2.18. The van der Waals surface area contributed by atoms with E-state index in [1.54, 1.807) is 0 Å². The average Bonchev–Trinajstić information content (AvgIpc) is 3.44. The zero-order valence-corrected chi connectivity index (χ0v) is 51.4. The third-order valence-corrected chi connectivity index (χ3v) is 14.3. The van der Waals surface area contributed by atoms with Crippen molar-refractivity contribution in [3.05, 3.63) is 97.2 Å². The van der Waals surface area contributed by atoms with Crippen molar-refractivity contribution in [2.45, 2.75) is 329 Å². The van der Waals surface area contributed by atoms with E-state index in [0.29, 0.717) is 19.3 Å². The first-order chi connectivity index (χ1) is 38.5. The van der Waals surface area contributed by atoms with Crippen LogP contribution in [0.2, 0.25) is 0 Å². The van der Waals surface area contributed by atoms with Crippen molar-refractivity contribution < 1.29 is 28.6 Å². The van der Waals surface area contributed by atoms with E-state index in [9.17, 15) is 14.4 Å². The molecule has 0 aliphatic heterocycles. The molecule has 0 fully saturated rings. The molecule has 78 heavy (non-hydrogen) atoms. The van der Waals surface area contributed by atoms with Gasteiger partial charge >= 0.3 is 17.9 Å². The number of rotatable bonds is 60. The van der Waals surface area contributed by atoms with Crippen molar-refractivity contribution in [3.63, 3.8) is 0 Å². The molecule has 0 aliphatic rings. The highest BCUT2D eigenvalue weighted by Gasteiger charge is 2.19. The summed E-state index contributed by atoms with van der Waals surface area (Å²) in [7, 11) is 0. The van der Waals surface area contributed by atoms with E-state index in [-0.39, 0.29) is 31.1 Å². The van der Waals surface area contributed by atoms with E-state index in [0.717, 1.165) is 109 Å². The number of unbranched alkanes of at least 4 members (excludes halogenated alkanes) is 33. The highest BCUT2D eigenvalue weighted by Crippen LogP contribution is 2.16. The summed E-state index contributed by atoms with van der Waals surface area (Å²) in [6.07, 6.45) is 88.5. The highest BCUT2D eigenvalue weighted by molar-refractivity contribution is 5.71. The molecule has 0 aliphatic carbocycles. The monoisotopic (exact) mass is 1080 g/mol. The molecule has 0 bridgehead atoms. The van der Waals surface area contributed by atoms with Crippen LogP contribution < -0.4 is 0 Å². The van der Waals surface area contributed by atoms with Gasteiger partial charge in [0.25, 0.3) is 0 Å². The number of hydrogen-bond donors (Lipinski definition) is 0. The maximum Gasteiger partial charge on any atom is 0.306 e. The van der Waals surface area contributed by atoms with Gasteiger partial charge in [-0.05, 0) is 122 Å². The van der Waals surface area contributed by atoms with Gasteiger partial charge in [0, 0.05) is 19.3 Å². The summed E-state index contributed by atoms with van der Waals surface area (Å²) in [5.41, 5.74) is 0. The normalized spacial score (nSPS) is 12.7. The smallest absolute Gasteiger partial charge is 0.306 e. The van der Waals surface area contributed by atoms with E-state index >= 15 is 0 Å². The van der Waals surface area contributed by atoms with Gasteiger partial charge < -0.3 is 14.2 Å². The van der Waals surface area contributed by atoms with E-state index < -0.39 is 6.10 Å². The Hall–Kier alpha value is -3.67. The van der Waals surface area contributed by atoms with Gasteiger partial charge in [0.2, 0.25) is 0 Å². The number of carbonyl (C=O) groups is 3. The summed E-state index contributed by atoms with van der Waals surface area (Å²) in [5.74, 6) is -0.895. The summed E-state index contributed by atoms with van der Waals surface area (Å²) in [4.78, 5) is 38.3. The van der Waals surface area contributed by atoms with Gasteiger partial charge in [-0.25, -0.2) is 0 Å². The second kappa shape index (κ2) is 65.8. The topological polar surface area (TPSA) is 78.9 Å². The van der Waals surface area contributed by atoms with Crippen molar-refractivity contribution in [2.24, 2.45) is 0 Å². The summed E-state index contributed by atoms with van der Waals surface area (Å²) in [6.45, 7) is 6.50. The molecular weight excluding hydrogens is 961 g/mol. The van der Waals surface area contributed by atoms with Gasteiger partial charge in [0.15, 0.2) is 6.10 Å². The average molecular weight is 1090 g/mol. The minimum Gasteiger partial charge on any atom is -0.462 e. The van der Waals surface area contributed by atoms with Crippen LogP contribution in [0.3, 0.4) is 0 Å². The van der Waals surface area contributed by atoms with Crippen molar-refractivity contribution in [2.75, 3.05) is 13.2 Å². The van der Waals surface area contributed by atoms with Gasteiger partial charge in [-0.1, -0.05) is 279 Å². The number of ether oxygens (including phenoxy) is 3. The molecule has 0 aromatic rings. The van der Waals surface area contributed by atoms with E-state index in [4.69, 9.17) is 14.2 Å². The van der Waals surface area contributed by atoms with Crippen LogP contribution in [0.1, 0.15) is 323 Å². The Morgan fingerprint density at radius 1 is 0.269 bits per heavy atom. The predicted molar refractivity (Wildman–Crippen MR) is 339 cm³/mol. The number of allylic oxidation sites excluding steroid dienone is 16. The SMILES string of the molecule is CC/C=C\C/C=C\C/C=C\C/C=C\C/C=C\CCCCCCCCCC(=O)OC(COC(=O)CCCCCCC/C=C\CCCCC)COC(=O)CCCCCCCCCCCCCCC/C=C\C/C=C\CCCCCCC. The van der Waals surface area contributed by atoms with E-state index in [1.165, 1.54) is 173 Å². The Morgan fingerprint density at radius 2 is 0.500 bits per heavy atom. The van der Waals surface area contributed by atoms with Crippen molar-refractivity contribution in [1.82, 2.24) is 0 Å². The molecule has 0 saturated carbocycles. The number of esters is 3. The van der Waals surface area contributed by atoms with Crippen LogP contribution in [0.5, 0.6) is 0 Å². The minimum atomic E-state index is -0.789. The second-order valence-corrected chi connectivity index (χ2v) is 22.0. The van der Waals surface area contributed by atoms with Crippen LogP contribution in [0, 0.1) is 0 Å². The fraction of sp³-hybridized carbons (Fsp3) is 0.736. The minimum absolute atomic E-state index is 0.0840. The molecule has 0 heterocycles. The molecule has 0 saturated heterocycles. The molecule has 0 spiro atoms. The summed E-state index contributed by atoms with van der Waals surface area (Å²) in [5, 5.41) is 0. The largest absolute Gasteiger partial charge is 0.462 e. The first-order valence-electron chi connectivity index (χ1n) is 33.2. The Labute approximate surface area is 483 Å². The second-order valence-electron chi connectivity index (χ2n) is 22.0. The van der Waals surface area contributed by atoms with Crippen molar-refractivity contribution >= 4 is 17.9 Å². The zero-order valence-electron chi connectivity index (χ0n) is 51.4. The molecule has 0 radical (unpaired) electrons. The van der Waals surface area contributed by atoms with Crippen LogP contribution in [0.15, 0.2) is 97.2 Å². The van der Waals surface area contributed by atoms with Crippen LogP contribution in [0.25, 0.3) is 0 Å². The first-order valence-corrected chi connectivity index (χ1v) is 33.2. The Morgan fingerprint density at radius 3 is 0.821 bits per heavy atom. The molecule has 0 amide bonds. The van der Waals surface area contributed by atoms with Crippen LogP contribution in [0.4, 0.5) is 0 Å². The fourth-order valence-electron chi connectivity index (χ4n) is 9.32. The molecule has 6 nitrogen and oxygen atoms in total. The lowest BCUT2D eigenvalue weighted by molar-refractivity contribution is -0.167. The Balaban J connectivity index is 4.31. The summed E-state index contributed by atoms with van der Waals surface area (Å²) in [6, 6.07) is 0. The molecule has 1 unspecified atom stereocenters. The van der Waals surface area contributed by atoms with Gasteiger partial charge in [-0.3, -0.25) is 14.4 Å². The predicted octanol–water partition coefficient (Wildman–Crippen LogP) is 22.8. The molecule has 448 valence electrons. The van der Waals surface area contributed by atoms with E-state index in [1.807, 2.05) is 0 Å². The molecule has 0 rings (SSSR count). The summed E-state index contributed by atoms with van der Waals surface area (Å²) < 4.78 is 16.9. The zero-order chi connectivity index (χ0) is 56.4. The Bertz CT molecular complexity index is 1530. The van der Waals surface area contributed by atoms with Gasteiger partial charge in [0.1, 0.15) is 13.2 Å². The third kappa shape index (κ3) is 63.2. The molecule has 0 aromatic heterocycles. The first kappa shape index (κ1) is 74.3. The van der Waals surface area contributed by atoms with Crippen LogP contribution >= 0.6 is 0 Å². The quantitative estimate of drug-likeness (QED) is 0.0261. The third-order valence-electron chi connectivity index (χ3n) is 14.3. The summed E-state index contributed by atoms with van der Waals surface area (Å²) >= 11 is 0. The maximum absolute atomic E-state index is 12.9. The van der Waals surface area contributed by atoms with Gasteiger partial charge in [-0.15, -0.1) is 0 Å². The lowest BCUT2D eigenvalue weighted by atomic mass is 10.0.